The minimum atomic E-state index is 0.932. The lowest BCUT2D eigenvalue weighted by molar-refractivity contribution is 1.13. The number of aromatic nitrogens is 8. The SMILES string of the molecule is c1ccc(-c2cc(-c3ccc(-c4cc(-n5c6ccccc6c6ccccc65)cc(-n5c6ccccc6c6ccccc65)c4)cc3)nc3ccc4ccccc4c23)cc1.c1ccc(-c2cc(-c3ccc(-c4ccc(-c5ccc6ccc7cccnc7c6n5)cc4)cc3)nc3ccc4ccccc4c23)cc1.c1ccc(-c2cc(-c3ccc(-c4cccc(-n5c6ccccc6c6ccccc65)c4)cc3)nc3ccc4ccccc4c23)cc1. The fourth-order valence-corrected chi connectivity index (χ4v) is 22.7. The second kappa shape index (κ2) is 36.8. The van der Waals surface area contributed by atoms with Crippen LogP contribution in [0.3, 0.4) is 0 Å². The van der Waals surface area contributed by atoms with E-state index in [0.29, 0.717) is 0 Å². The summed E-state index contributed by atoms with van der Waals surface area (Å²) >= 11 is 0. The number of nitrogens with zero attached hydrogens (tertiary/aromatic N) is 8. The third kappa shape index (κ3) is 15.6. The van der Waals surface area contributed by atoms with Crippen LogP contribution >= 0.6 is 0 Å². The van der Waals surface area contributed by atoms with Crippen LogP contribution in [0.25, 0.3) is 281 Å². The average Bonchev–Trinajstić information content (AvgIpc) is 1.59. The van der Waals surface area contributed by atoms with E-state index in [9.17, 15) is 0 Å². The van der Waals surface area contributed by atoms with Gasteiger partial charge in [0.15, 0.2) is 0 Å². The van der Waals surface area contributed by atoms with Crippen molar-refractivity contribution >= 4 is 152 Å². The zero-order valence-electron chi connectivity index (χ0n) is 81.0. The molecule has 0 aliphatic heterocycles. The maximum Gasteiger partial charge on any atom is 0.0972 e. The molecule has 30 aromatic rings. The summed E-state index contributed by atoms with van der Waals surface area (Å²) in [5.74, 6) is 0. The van der Waals surface area contributed by atoms with Crippen molar-refractivity contribution < 1.29 is 0 Å². The van der Waals surface area contributed by atoms with Gasteiger partial charge in [-0.25, -0.2) is 19.9 Å². The lowest BCUT2D eigenvalue weighted by Crippen LogP contribution is -2.00. The molecular formula is C141H90N8. The van der Waals surface area contributed by atoms with E-state index in [-0.39, 0.29) is 0 Å². The van der Waals surface area contributed by atoms with Gasteiger partial charge in [-0.3, -0.25) is 4.98 Å². The van der Waals surface area contributed by atoms with Crippen LogP contribution in [0.15, 0.2) is 546 Å². The number of fused-ring (bicyclic) bond motifs is 21. The fraction of sp³-hybridized carbons (Fsp3) is 0. The molecule has 0 bridgehead atoms. The first-order valence-electron chi connectivity index (χ1n) is 50.8. The molecule has 0 amide bonds. The van der Waals surface area contributed by atoms with Crippen LogP contribution in [-0.4, -0.2) is 38.6 Å². The first-order chi connectivity index (χ1) is 73.9. The van der Waals surface area contributed by atoms with Crippen LogP contribution < -0.4 is 0 Å². The maximum absolute atomic E-state index is 5.29. The van der Waals surface area contributed by atoms with Crippen LogP contribution in [-0.2, 0) is 0 Å². The van der Waals surface area contributed by atoms with Crippen molar-refractivity contribution in [3.05, 3.63) is 546 Å². The zero-order valence-corrected chi connectivity index (χ0v) is 81.0. The van der Waals surface area contributed by atoms with E-state index < -0.39 is 0 Å². The quantitative estimate of drug-likeness (QED) is 0.107. The molecule has 0 aliphatic carbocycles. The predicted molar refractivity (Wildman–Crippen MR) is 626 cm³/mol. The zero-order chi connectivity index (χ0) is 98.4. The van der Waals surface area contributed by atoms with Crippen LogP contribution in [0, 0.1) is 0 Å². The Bertz CT molecular complexity index is 10200. The summed E-state index contributed by atoms with van der Waals surface area (Å²) in [6.45, 7) is 0. The monoisotopic (exact) mass is 1890 g/mol. The van der Waals surface area contributed by atoms with Crippen molar-refractivity contribution in [2.75, 3.05) is 0 Å². The van der Waals surface area contributed by atoms with Crippen molar-refractivity contribution in [2.24, 2.45) is 0 Å². The Labute approximate surface area is 859 Å². The third-order valence-electron chi connectivity index (χ3n) is 29.8. The molecule has 0 saturated carbocycles. The summed E-state index contributed by atoms with van der Waals surface area (Å²) in [5, 5.41) is 20.6. The highest BCUT2D eigenvalue weighted by molar-refractivity contribution is 6.19. The predicted octanol–water partition coefficient (Wildman–Crippen LogP) is 37.2. The smallest absolute Gasteiger partial charge is 0.0972 e. The van der Waals surface area contributed by atoms with Gasteiger partial charge in [0.1, 0.15) is 0 Å². The van der Waals surface area contributed by atoms with Gasteiger partial charge >= 0.3 is 0 Å². The molecule has 0 N–H and O–H groups in total. The van der Waals surface area contributed by atoms with Crippen LogP contribution in [0.4, 0.5) is 0 Å². The van der Waals surface area contributed by atoms with Crippen LogP contribution in [0.2, 0.25) is 0 Å². The molecule has 0 fully saturated rings. The second-order valence-electron chi connectivity index (χ2n) is 38.4. The van der Waals surface area contributed by atoms with Crippen molar-refractivity contribution in [2.45, 2.75) is 0 Å². The number of pyridine rings is 5. The van der Waals surface area contributed by atoms with Gasteiger partial charge in [-0.2, -0.15) is 0 Å². The number of hydrogen-bond acceptors (Lipinski definition) is 5. The number of para-hydroxylation sites is 6. The van der Waals surface area contributed by atoms with E-state index in [1.54, 1.807) is 0 Å². The Kier molecular flexibility index (Phi) is 21.5. The topological polar surface area (TPSA) is 79.2 Å². The molecule has 149 heavy (non-hydrogen) atoms. The minimum absolute atomic E-state index is 0.932. The Morgan fingerprint density at radius 2 is 0.409 bits per heavy atom. The standard InChI is InChI=1S/C55H35N3.C43H27N3.C43H28N2/c1-2-14-37(15-3-1)48-35-50(56-49-31-30-38-16-4-5-17-43(38)55(48)49)39-28-26-36(27-29-39)40-32-41(57-51-22-10-6-18-44(51)45-19-7-11-23-52(45)57)34-42(33-40)58-53-24-12-8-20-46(53)47-21-9-13-25-54(47)58;1-2-7-30(8-3-1)37-27-40(45-39-25-22-31-9-4-5-11-36(31)41(37)39)33-18-14-29(15-19-33)28-12-16-32(17-13-28)38-24-23-35-21-20-34-10-6-26-44-42(34)43(35)46-38;1-2-11-30(12-3-1)38-28-40(44-39-26-25-31-13-4-5-16-35(31)43(38)39)32-23-21-29(22-24-32)33-14-10-15-34(27-33)45-41-19-8-6-17-36(41)37-18-7-9-20-42(37)45/h1-35H;1-27H;1-28H. The summed E-state index contributed by atoms with van der Waals surface area (Å²) in [4.78, 5) is 25.3. The molecule has 0 saturated heterocycles. The first-order valence-corrected chi connectivity index (χ1v) is 50.8. The van der Waals surface area contributed by atoms with Gasteiger partial charge < -0.3 is 13.7 Å². The van der Waals surface area contributed by atoms with E-state index in [1.165, 1.54) is 158 Å². The highest BCUT2D eigenvalue weighted by Gasteiger charge is 2.24. The van der Waals surface area contributed by atoms with Crippen molar-refractivity contribution in [3.8, 4) is 129 Å². The molecule has 0 spiro atoms. The van der Waals surface area contributed by atoms with E-state index in [4.69, 9.17) is 19.9 Å². The molecule has 694 valence electrons. The molecule has 22 aromatic carbocycles. The molecule has 8 heteroatoms. The second-order valence-corrected chi connectivity index (χ2v) is 38.4. The largest absolute Gasteiger partial charge is 0.309 e. The lowest BCUT2D eigenvalue weighted by atomic mass is 9.94. The van der Waals surface area contributed by atoms with E-state index in [1.807, 2.05) is 12.3 Å². The van der Waals surface area contributed by atoms with E-state index in [0.717, 1.165) is 123 Å². The molecule has 8 aromatic heterocycles. The van der Waals surface area contributed by atoms with Gasteiger partial charge in [-0.05, 0) is 214 Å². The summed E-state index contributed by atoms with van der Waals surface area (Å²) in [7, 11) is 0. The molecule has 0 aliphatic rings. The maximum atomic E-state index is 5.29. The van der Waals surface area contributed by atoms with E-state index in [2.05, 4.69) is 553 Å². The van der Waals surface area contributed by atoms with Crippen molar-refractivity contribution in [3.63, 3.8) is 0 Å². The number of hydrogen-bond donors (Lipinski definition) is 0. The van der Waals surface area contributed by atoms with Crippen molar-refractivity contribution in [1.29, 1.82) is 0 Å². The number of rotatable bonds is 13. The summed E-state index contributed by atoms with van der Waals surface area (Å²) in [5.41, 5.74) is 37.8. The van der Waals surface area contributed by atoms with Crippen LogP contribution in [0.5, 0.6) is 0 Å². The molecule has 0 unspecified atom stereocenters. The normalized spacial score (nSPS) is 11.6. The lowest BCUT2D eigenvalue weighted by Gasteiger charge is -2.16. The highest BCUT2D eigenvalue weighted by atomic mass is 15.0. The van der Waals surface area contributed by atoms with Gasteiger partial charge in [0.25, 0.3) is 0 Å². The average molecular weight is 1900 g/mol. The highest BCUT2D eigenvalue weighted by Crippen LogP contribution is 2.46. The van der Waals surface area contributed by atoms with Gasteiger partial charge in [0.2, 0.25) is 0 Å². The van der Waals surface area contributed by atoms with Gasteiger partial charge in [0.05, 0.1) is 83.5 Å². The minimum Gasteiger partial charge on any atom is -0.309 e. The summed E-state index contributed by atoms with van der Waals surface area (Å²) in [6, 6.07) is 193. The molecule has 8 nitrogen and oxygen atoms in total. The third-order valence-corrected chi connectivity index (χ3v) is 29.8. The van der Waals surface area contributed by atoms with E-state index >= 15 is 0 Å². The Morgan fingerprint density at radius 1 is 0.141 bits per heavy atom. The molecule has 0 radical (unpaired) electrons. The molecule has 30 rings (SSSR count). The molecular weight excluding hydrogens is 1810 g/mol. The summed E-state index contributed by atoms with van der Waals surface area (Å²) in [6.07, 6.45) is 1.83. The van der Waals surface area contributed by atoms with Crippen LogP contribution in [0.1, 0.15) is 0 Å². The van der Waals surface area contributed by atoms with Gasteiger partial charge in [0, 0.05) is 105 Å². The molecule has 8 heterocycles. The first kappa shape index (κ1) is 86.9. The Morgan fingerprint density at radius 3 is 0.779 bits per heavy atom. The summed E-state index contributed by atoms with van der Waals surface area (Å²) < 4.78 is 7.22. The number of benzene rings is 22. The Hall–Kier alpha value is -19.9. The molecule has 0 atom stereocenters. The van der Waals surface area contributed by atoms with Gasteiger partial charge in [-0.15, -0.1) is 0 Å². The fourth-order valence-electron chi connectivity index (χ4n) is 22.7. The van der Waals surface area contributed by atoms with Crippen molar-refractivity contribution in [1.82, 2.24) is 38.6 Å². The van der Waals surface area contributed by atoms with Gasteiger partial charge in [-0.1, -0.05) is 425 Å². The Balaban J connectivity index is 0.000000109.